The molecule has 0 radical (unpaired) electrons. The van der Waals surface area contributed by atoms with E-state index in [9.17, 15) is 4.79 Å². The van der Waals surface area contributed by atoms with E-state index < -0.39 is 0 Å². The van der Waals surface area contributed by atoms with Gasteiger partial charge in [-0.1, -0.05) is 18.2 Å². The molecule has 5 nitrogen and oxygen atoms in total. The van der Waals surface area contributed by atoms with Crippen LogP contribution in [-0.4, -0.2) is 49.2 Å². The normalized spacial score (nSPS) is 16.3. The summed E-state index contributed by atoms with van der Waals surface area (Å²) in [6.45, 7) is 1.64. The number of benzene rings is 2. The Morgan fingerprint density at radius 1 is 1.07 bits per heavy atom. The monoisotopic (exact) mass is 431 g/mol. The molecule has 0 bridgehead atoms. The van der Waals surface area contributed by atoms with Crippen LogP contribution in [0.3, 0.4) is 0 Å². The molecule has 2 aromatic rings. The van der Waals surface area contributed by atoms with E-state index in [4.69, 9.17) is 14.2 Å². The fourth-order valence-electron chi connectivity index (χ4n) is 3.20. The number of carbonyl (C=O) groups is 1. The van der Waals surface area contributed by atoms with Crippen molar-refractivity contribution in [3.8, 4) is 17.2 Å². The highest BCUT2D eigenvalue weighted by molar-refractivity contribution is 8.16. The second-order valence-corrected chi connectivity index (χ2v) is 9.74. The van der Waals surface area contributed by atoms with Gasteiger partial charge in [0.15, 0.2) is 18.1 Å². The van der Waals surface area contributed by atoms with Gasteiger partial charge in [-0.3, -0.25) is 4.79 Å². The van der Waals surface area contributed by atoms with Crippen molar-refractivity contribution >= 4 is 29.4 Å². The second kappa shape index (κ2) is 9.67. The van der Waals surface area contributed by atoms with Crippen LogP contribution in [0.2, 0.25) is 0 Å². The van der Waals surface area contributed by atoms with E-state index >= 15 is 0 Å². The largest absolute Gasteiger partial charge is 0.486 e. The molecule has 2 aromatic carbocycles. The third kappa shape index (κ3) is 5.34. The Morgan fingerprint density at radius 3 is 2.55 bits per heavy atom. The average molecular weight is 432 g/mol. The molecule has 0 saturated carbocycles. The number of rotatable bonds is 6. The molecule has 0 N–H and O–H groups in total. The summed E-state index contributed by atoms with van der Waals surface area (Å²) in [6, 6.07) is 13.9. The summed E-state index contributed by atoms with van der Waals surface area (Å²) >= 11 is 4.00. The fourth-order valence-corrected chi connectivity index (χ4v) is 6.10. The molecule has 0 atom stereocenters. The summed E-state index contributed by atoms with van der Waals surface area (Å²) in [5, 5.41) is 0. The van der Waals surface area contributed by atoms with Crippen molar-refractivity contribution in [2.24, 2.45) is 0 Å². The molecule has 1 amide bonds. The predicted octanol–water partition coefficient (Wildman–Crippen LogP) is 4.36. The number of hydrogen-bond donors (Lipinski definition) is 0. The van der Waals surface area contributed by atoms with Crippen molar-refractivity contribution in [3.63, 3.8) is 0 Å². The lowest BCUT2D eigenvalue weighted by molar-refractivity contribution is -0.132. The average Bonchev–Trinajstić information content (AvgIpc) is 2.78. The molecule has 154 valence electrons. The maximum absolute atomic E-state index is 12.5. The van der Waals surface area contributed by atoms with Gasteiger partial charge in [0.2, 0.25) is 0 Å². The van der Waals surface area contributed by atoms with Gasteiger partial charge in [-0.15, -0.1) is 23.5 Å². The molecule has 2 heterocycles. The first-order valence-corrected chi connectivity index (χ1v) is 11.9. The van der Waals surface area contributed by atoms with E-state index in [1.165, 1.54) is 23.5 Å². The Kier molecular flexibility index (Phi) is 6.77. The number of nitrogens with zero attached hydrogens (tertiary/aromatic N) is 1. The fraction of sp³-hybridized carbons (Fsp3) is 0.409. The van der Waals surface area contributed by atoms with Gasteiger partial charge in [0.05, 0.1) is 4.58 Å². The van der Waals surface area contributed by atoms with Crippen LogP contribution in [0.4, 0.5) is 0 Å². The van der Waals surface area contributed by atoms with Crippen LogP contribution in [0, 0.1) is 0 Å². The Hall–Kier alpha value is -1.99. The Morgan fingerprint density at radius 2 is 1.79 bits per heavy atom. The first-order chi connectivity index (χ1) is 14.2. The van der Waals surface area contributed by atoms with Crippen molar-refractivity contribution in [1.82, 2.24) is 4.90 Å². The summed E-state index contributed by atoms with van der Waals surface area (Å²) < 4.78 is 17.4. The molecule has 0 unspecified atom stereocenters. The molecule has 1 fully saturated rings. The van der Waals surface area contributed by atoms with Crippen LogP contribution in [0.5, 0.6) is 17.2 Å². The van der Waals surface area contributed by atoms with Crippen molar-refractivity contribution < 1.29 is 19.0 Å². The number of amides is 1. The minimum absolute atomic E-state index is 0.0212. The van der Waals surface area contributed by atoms with Gasteiger partial charge >= 0.3 is 0 Å². The Balaban J connectivity index is 1.27. The molecule has 29 heavy (non-hydrogen) atoms. The lowest BCUT2D eigenvalue weighted by atomic mass is 10.2. The minimum Gasteiger partial charge on any atom is -0.486 e. The van der Waals surface area contributed by atoms with Crippen LogP contribution in [-0.2, 0) is 11.3 Å². The van der Waals surface area contributed by atoms with Gasteiger partial charge in [0, 0.05) is 13.6 Å². The standard InChI is InChI=1S/C22H25NO4S2/c1-23(14-16-3-8-19-20(13-16)26-10-9-25-19)21(24)15-27-18-6-4-17(5-7-18)22-28-11-2-12-29-22/h3-8,13,22H,2,9-12,14-15H2,1H3. The molecule has 4 rings (SSSR count). The van der Waals surface area contributed by atoms with E-state index in [1.54, 1.807) is 11.9 Å². The predicted molar refractivity (Wildman–Crippen MR) is 118 cm³/mol. The molecule has 1 saturated heterocycles. The molecule has 0 aliphatic carbocycles. The Labute approximate surface area is 180 Å². The van der Waals surface area contributed by atoms with Gasteiger partial charge < -0.3 is 19.1 Å². The molecule has 0 spiro atoms. The lowest BCUT2D eigenvalue weighted by Crippen LogP contribution is -2.31. The maximum atomic E-state index is 12.5. The van der Waals surface area contributed by atoms with Crippen LogP contribution in [0.25, 0.3) is 0 Å². The zero-order valence-corrected chi connectivity index (χ0v) is 18.1. The van der Waals surface area contributed by atoms with Crippen LogP contribution < -0.4 is 14.2 Å². The Bertz CT molecular complexity index is 837. The summed E-state index contributed by atoms with van der Waals surface area (Å²) in [5.41, 5.74) is 2.31. The highest BCUT2D eigenvalue weighted by Crippen LogP contribution is 2.43. The van der Waals surface area contributed by atoms with E-state index in [0.29, 0.717) is 24.3 Å². The number of likely N-dealkylation sites (N-methyl/N-ethyl adjacent to an activating group) is 1. The summed E-state index contributed by atoms with van der Waals surface area (Å²) in [4.78, 5) is 14.1. The molecule has 2 aliphatic rings. The van der Waals surface area contributed by atoms with Crippen molar-refractivity contribution in [2.75, 3.05) is 38.4 Å². The zero-order valence-electron chi connectivity index (χ0n) is 16.5. The van der Waals surface area contributed by atoms with Crippen LogP contribution in [0.1, 0.15) is 22.1 Å². The smallest absolute Gasteiger partial charge is 0.260 e. The van der Waals surface area contributed by atoms with Gasteiger partial charge in [-0.2, -0.15) is 0 Å². The van der Waals surface area contributed by atoms with Gasteiger partial charge in [-0.05, 0) is 53.3 Å². The number of ether oxygens (including phenoxy) is 3. The van der Waals surface area contributed by atoms with Gasteiger partial charge in [0.1, 0.15) is 19.0 Å². The molecule has 2 aliphatic heterocycles. The summed E-state index contributed by atoms with van der Waals surface area (Å²) in [7, 11) is 1.78. The summed E-state index contributed by atoms with van der Waals surface area (Å²) in [6.07, 6.45) is 1.29. The third-order valence-corrected chi connectivity index (χ3v) is 7.81. The minimum atomic E-state index is -0.0673. The van der Waals surface area contributed by atoms with Crippen LogP contribution >= 0.6 is 23.5 Å². The first-order valence-electron chi connectivity index (χ1n) is 9.77. The topological polar surface area (TPSA) is 48.0 Å². The number of hydrogen-bond acceptors (Lipinski definition) is 6. The van der Waals surface area contributed by atoms with Crippen molar-refractivity contribution in [3.05, 3.63) is 53.6 Å². The van der Waals surface area contributed by atoms with Gasteiger partial charge in [0.25, 0.3) is 5.91 Å². The SMILES string of the molecule is CN(Cc1ccc2c(c1)OCCO2)C(=O)COc1ccc(C2SCCCS2)cc1. The van der Waals surface area contributed by atoms with E-state index in [-0.39, 0.29) is 12.5 Å². The maximum Gasteiger partial charge on any atom is 0.260 e. The third-order valence-electron chi connectivity index (χ3n) is 4.79. The lowest BCUT2D eigenvalue weighted by Gasteiger charge is -2.22. The highest BCUT2D eigenvalue weighted by Gasteiger charge is 2.17. The molecule has 0 aromatic heterocycles. The quantitative estimate of drug-likeness (QED) is 0.677. The first kappa shape index (κ1) is 20.3. The summed E-state index contributed by atoms with van der Waals surface area (Å²) in [5.74, 6) is 4.59. The van der Waals surface area contributed by atoms with Gasteiger partial charge in [-0.25, -0.2) is 0 Å². The van der Waals surface area contributed by atoms with E-state index in [1.807, 2.05) is 53.9 Å². The second-order valence-electron chi connectivity index (χ2n) is 7.01. The number of fused-ring (bicyclic) bond motifs is 1. The van der Waals surface area contributed by atoms with Crippen LogP contribution in [0.15, 0.2) is 42.5 Å². The molecule has 7 heteroatoms. The van der Waals surface area contributed by atoms with E-state index in [0.717, 1.165) is 22.8 Å². The zero-order chi connectivity index (χ0) is 20.1. The molecular weight excluding hydrogens is 406 g/mol. The van der Waals surface area contributed by atoms with E-state index in [2.05, 4.69) is 12.1 Å². The number of carbonyl (C=O) groups excluding carboxylic acids is 1. The highest BCUT2D eigenvalue weighted by atomic mass is 32.2. The van der Waals surface area contributed by atoms with Crippen molar-refractivity contribution in [1.29, 1.82) is 0 Å². The number of thioether (sulfide) groups is 2. The van der Waals surface area contributed by atoms with Crippen molar-refractivity contribution in [2.45, 2.75) is 17.5 Å². The molecular formula is C22H25NO4S2.